The van der Waals surface area contributed by atoms with E-state index in [9.17, 15) is 4.79 Å². The Kier molecular flexibility index (Phi) is 2.99. The maximum atomic E-state index is 12.1. The molecule has 1 unspecified atom stereocenters. The molecule has 1 atom stereocenters. The number of rotatable bonds is 1. The van der Waals surface area contributed by atoms with Crippen molar-refractivity contribution in [3.05, 3.63) is 0 Å². The summed E-state index contributed by atoms with van der Waals surface area (Å²) in [5.41, 5.74) is 0.522. The molecule has 0 aromatic heterocycles. The standard InChI is InChI=1S/C13H24N2O/c1-12(2,3)8-11(16)15-7-5-13(10-15)4-6-14-9-13/h14H,4-10H2,1-3H3. The molecule has 1 amide bonds. The second kappa shape index (κ2) is 4.02. The molecule has 0 aromatic carbocycles. The highest BCUT2D eigenvalue weighted by atomic mass is 16.2. The third-order valence-corrected chi connectivity index (χ3v) is 3.80. The van der Waals surface area contributed by atoms with Gasteiger partial charge in [-0.05, 0) is 24.8 Å². The van der Waals surface area contributed by atoms with Crippen LogP contribution in [0.1, 0.15) is 40.0 Å². The van der Waals surface area contributed by atoms with Gasteiger partial charge in [0, 0.05) is 31.5 Å². The minimum Gasteiger partial charge on any atom is -0.342 e. The van der Waals surface area contributed by atoms with Crippen molar-refractivity contribution in [1.29, 1.82) is 0 Å². The van der Waals surface area contributed by atoms with Crippen LogP contribution < -0.4 is 5.32 Å². The molecule has 2 heterocycles. The lowest BCUT2D eigenvalue weighted by Gasteiger charge is -2.25. The predicted octanol–water partition coefficient (Wildman–Crippen LogP) is 1.63. The molecule has 1 spiro atoms. The Bertz CT molecular complexity index is 274. The first kappa shape index (κ1) is 11.9. The fraction of sp³-hybridized carbons (Fsp3) is 0.923. The summed E-state index contributed by atoms with van der Waals surface area (Å²) in [6.45, 7) is 10.6. The lowest BCUT2D eigenvalue weighted by Crippen LogP contribution is -2.35. The second-order valence-electron chi connectivity index (χ2n) is 6.73. The van der Waals surface area contributed by atoms with E-state index in [0.717, 1.165) is 26.2 Å². The minimum atomic E-state index is 0.112. The Morgan fingerprint density at radius 3 is 2.69 bits per heavy atom. The largest absolute Gasteiger partial charge is 0.342 e. The maximum absolute atomic E-state index is 12.1. The van der Waals surface area contributed by atoms with E-state index < -0.39 is 0 Å². The summed E-state index contributed by atoms with van der Waals surface area (Å²) >= 11 is 0. The molecular weight excluding hydrogens is 200 g/mol. The van der Waals surface area contributed by atoms with Crippen LogP contribution in [0.4, 0.5) is 0 Å². The van der Waals surface area contributed by atoms with Crippen LogP contribution in [0.5, 0.6) is 0 Å². The molecule has 92 valence electrons. The number of nitrogens with zero attached hydrogens (tertiary/aromatic N) is 1. The van der Waals surface area contributed by atoms with Crippen LogP contribution in [0.25, 0.3) is 0 Å². The molecule has 0 saturated carbocycles. The van der Waals surface area contributed by atoms with Crippen molar-refractivity contribution in [2.75, 3.05) is 26.2 Å². The first-order chi connectivity index (χ1) is 7.40. The third kappa shape index (κ3) is 2.57. The Labute approximate surface area is 98.6 Å². The monoisotopic (exact) mass is 224 g/mol. The quantitative estimate of drug-likeness (QED) is 0.734. The van der Waals surface area contributed by atoms with Crippen molar-refractivity contribution < 1.29 is 4.79 Å². The van der Waals surface area contributed by atoms with Crippen LogP contribution in [0, 0.1) is 10.8 Å². The highest BCUT2D eigenvalue weighted by Crippen LogP contribution is 2.36. The zero-order chi connectivity index (χ0) is 11.8. The van der Waals surface area contributed by atoms with Gasteiger partial charge in [0.15, 0.2) is 0 Å². The van der Waals surface area contributed by atoms with E-state index in [2.05, 4.69) is 31.0 Å². The van der Waals surface area contributed by atoms with Crippen molar-refractivity contribution in [3.8, 4) is 0 Å². The number of amides is 1. The average Bonchev–Trinajstić information content (AvgIpc) is 2.74. The average molecular weight is 224 g/mol. The van der Waals surface area contributed by atoms with Crippen LogP contribution in [-0.4, -0.2) is 37.0 Å². The fourth-order valence-corrected chi connectivity index (χ4v) is 2.86. The van der Waals surface area contributed by atoms with Gasteiger partial charge in [-0.25, -0.2) is 0 Å². The van der Waals surface area contributed by atoms with Crippen molar-refractivity contribution in [1.82, 2.24) is 10.2 Å². The van der Waals surface area contributed by atoms with Crippen LogP contribution >= 0.6 is 0 Å². The first-order valence-corrected chi connectivity index (χ1v) is 6.39. The molecule has 1 N–H and O–H groups in total. The maximum Gasteiger partial charge on any atom is 0.223 e. The third-order valence-electron chi connectivity index (χ3n) is 3.80. The summed E-state index contributed by atoms with van der Waals surface area (Å²) in [4.78, 5) is 14.2. The molecule has 0 aliphatic carbocycles. The molecule has 0 aromatic rings. The van der Waals surface area contributed by atoms with Gasteiger partial charge in [-0.1, -0.05) is 20.8 Å². The topological polar surface area (TPSA) is 32.3 Å². The Morgan fingerprint density at radius 2 is 2.12 bits per heavy atom. The molecule has 2 aliphatic rings. The smallest absolute Gasteiger partial charge is 0.223 e. The van der Waals surface area contributed by atoms with Gasteiger partial charge < -0.3 is 10.2 Å². The SMILES string of the molecule is CC(C)(C)CC(=O)N1CCC2(CCNC2)C1. The molecule has 2 aliphatic heterocycles. The van der Waals surface area contributed by atoms with Gasteiger partial charge in [-0.2, -0.15) is 0 Å². The highest BCUT2D eigenvalue weighted by molar-refractivity contribution is 5.77. The fourth-order valence-electron chi connectivity index (χ4n) is 2.86. The summed E-state index contributed by atoms with van der Waals surface area (Å²) < 4.78 is 0. The molecule has 2 saturated heterocycles. The van der Waals surface area contributed by atoms with Crippen LogP contribution in [0.2, 0.25) is 0 Å². The van der Waals surface area contributed by atoms with Gasteiger partial charge in [0.2, 0.25) is 5.91 Å². The summed E-state index contributed by atoms with van der Waals surface area (Å²) in [6.07, 6.45) is 3.11. The highest BCUT2D eigenvalue weighted by Gasteiger charge is 2.42. The minimum absolute atomic E-state index is 0.112. The van der Waals surface area contributed by atoms with Gasteiger partial charge in [-0.3, -0.25) is 4.79 Å². The van der Waals surface area contributed by atoms with Crippen LogP contribution in [0.3, 0.4) is 0 Å². The second-order valence-corrected chi connectivity index (χ2v) is 6.73. The van der Waals surface area contributed by atoms with Gasteiger partial charge >= 0.3 is 0 Å². The molecule has 0 radical (unpaired) electrons. The first-order valence-electron chi connectivity index (χ1n) is 6.39. The van der Waals surface area contributed by atoms with Crippen molar-refractivity contribution >= 4 is 5.91 Å². The zero-order valence-corrected chi connectivity index (χ0v) is 10.8. The van der Waals surface area contributed by atoms with Crippen molar-refractivity contribution in [2.24, 2.45) is 10.8 Å². The van der Waals surface area contributed by atoms with Gasteiger partial charge in [0.25, 0.3) is 0 Å². The van der Waals surface area contributed by atoms with E-state index in [1.165, 1.54) is 12.8 Å². The summed E-state index contributed by atoms with van der Waals surface area (Å²) in [5.74, 6) is 0.344. The van der Waals surface area contributed by atoms with Crippen LogP contribution in [-0.2, 0) is 4.79 Å². The van der Waals surface area contributed by atoms with E-state index in [4.69, 9.17) is 0 Å². The molecule has 16 heavy (non-hydrogen) atoms. The Hall–Kier alpha value is -0.570. The number of carbonyl (C=O) groups excluding carboxylic acids is 1. The number of likely N-dealkylation sites (tertiary alicyclic amines) is 1. The van der Waals surface area contributed by atoms with E-state index >= 15 is 0 Å². The molecule has 3 heteroatoms. The van der Waals surface area contributed by atoms with Crippen molar-refractivity contribution in [3.63, 3.8) is 0 Å². The number of hydrogen-bond donors (Lipinski definition) is 1. The molecular formula is C13H24N2O. The van der Waals surface area contributed by atoms with Gasteiger partial charge in [0.05, 0.1) is 0 Å². The lowest BCUT2D eigenvalue weighted by atomic mass is 9.86. The Morgan fingerprint density at radius 1 is 1.38 bits per heavy atom. The van der Waals surface area contributed by atoms with E-state index in [1.54, 1.807) is 0 Å². The zero-order valence-electron chi connectivity index (χ0n) is 10.8. The summed E-state index contributed by atoms with van der Waals surface area (Å²) in [7, 11) is 0. The molecule has 2 rings (SSSR count). The Balaban J connectivity index is 1.91. The van der Waals surface area contributed by atoms with E-state index in [-0.39, 0.29) is 5.41 Å². The van der Waals surface area contributed by atoms with E-state index in [1.807, 2.05) is 0 Å². The number of nitrogens with one attached hydrogen (secondary N) is 1. The van der Waals surface area contributed by atoms with E-state index in [0.29, 0.717) is 17.7 Å². The van der Waals surface area contributed by atoms with Crippen molar-refractivity contribution in [2.45, 2.75) is 40.0 Å². The molecule has 2 fully saturated rings. The number of hydrogen-bond acceptors (Lipinski definition) is 2. The summed E-state index contributed by atoms with van der Waals surface area (Å²) in [6, 6.07) is 0. The number of carbonyl (C=O) groups is 1. The van der Waals surface area contributed by atoms with Gasteiger partial charge in [-0.15, -0.1) is 0 Å². The predicted molar refractivity (Wildman–Crippen MR) is 65.2 cm³/mol. The summed E-state index contributed by atoms with van der Waals surface area (Å²) in [5, 5.41) is 3.42. The van der Waals surface area contributed by atoms with Crippen LogP contribution in [0.15, 0.2) is 0 Å². The van der Waals surface area contributed by atoms with Gasteiger partial charge in [0.1, 0.15) is 0 Å². The normalized spacial score (nSPS) is 30.3. The molecule has 3 nitrogen and oxygen atoms in total. The lowest BCUT2D eigenvalue weighted by molar-refractivity contribution is -0.132. The molecule has 0 bridgehead atoms.